The van der Waals surface area contributed by atoms with Gasteiger partial charge in [0.1, 0.15) is 0 Å². The summed E-state index contributed by atoms with van der Waals surface area (Å²) < 4.78 is 1.77. The quantitative estimate of drug-likeness (QED) is 0.797. The second-order valence-electron chi connectivity index (χ2n) is 4.49. The van der Waals surface area contributed by atoms with Crippen molar-refractivity contribution in [2.75, 3.05) is 6.54 Å². The fourth-order valence-corrected chi connectivity index (χ4v) is 1.83. The summed E-state index contributed by atoms with van der Waals surface area (Å²) in [5.41, 5.74) is 8.42. The SMILES string of the molecule is Cc1c(CNC(=O)c2ccncc2C#CCN)cnn1C. The van der Waals surface area contributed by atoms with Crippen LogP contribution in [-0.4, -0.2) is 27.2 Å². The average Bonchev–Trinajstić information content (AvgIpc) is 2.82. The van der Waals surface area contributed by atoms with Crippen molar-refractivity contribution < 1.29 is 4.79 Å². The first-order valence-electron chi connectivity index (χ1n) is 6.52. The lowest BCUT2D eigenvalue weighted by Crippen LogP contribution is -2.24. The Morgan fingerprint density at radius 1 is 1.48 bits per heavy atom. The molecule has 0 aliphatic rings. The van der Waals surface area contributed by atoms with Gasteiger partial charge in [-0.15, -0.1) is 0 Å². The summed E-state index contributed by atoms with van der Waals surface area (Å²) in [7, 11) is 1.87. The van der Waals surface area contributed by atoms with Gasteiger partial charge in [0, 0.05) is 37.2 Å². The van der Waals surface area contributed by atoms with E-state index in [1.165, 1.54) is 0 Å². The number of aromatic nitrogens is 3. The van der Waals surface area contributed by atoms with Gasteiger partial charge in [-0.2, -0.15) is 5.10 Å². The Morgan fingerprint density at radius 2 is 2.29 bits per heavy atom. The number of amides is 1. The van der Waals surface area contributed by atoms with Gasteiger partial charge in [0.25, 0.3) is 5.91 Å². The lowest BCUT2D eigenvalue weighted by atomic mass is 10.1. The molecule has 0 aliphatic carbocycles. The van der Waals surface area contributed by atoms with E-state index >= 15 is 0 Å². The van der Waals surface area contributed by atoms with Crippen molar-refractivity contribution in [3.63, 3.8) is 0 Å². The van der Waals surface area contributed by atoms with Gasteiger partial charge >= 0.3 is 0 Å². The minimum Gasteiger partial charge on any atom is -0.348 e. The highest BCUT2D eigenvalue weighted by Crippen LogP contribution is 2.08. The summed E-state index contributed by atoms with van der Waals surface area (Å²) >= 11 is 0. The summed E-state index contributed by atoms with van der Waals surface area (Å²) in [6.45, 7) is 2.62. The third kappa shape index (κ3) is 3.46. The topological polar surface area (TPSA) is 85.8 Å². The molecule has 0 fully saturated rings. The van der Waals surface area contributed by atoms with Crippen LogP contribution in [0.4, 0.5) is 0 Å². The first kappa shape index (κ1) is 14.8. The largest absolute Gasteiger partial charge is 0.348 e. The number of carbonyl (C=O) groups is 1. The molecule has 108 valence electrons. The van der Waals surface area contributed by atoms with Crippen molar-refractivity contribution in [3.05, 3.63) is 47.0 Å². The van der Waals surface area contributed by atoms with E-state index in [-0.39, 0.29) is 12.5 Å². The van der Waals surface area contributed by atoms with Crippen molar-refractivity contribution in [2.45, 2.75) is 13.5 Å². The van der Waals surface area contributed by atoms with Crippen LogP contribution in [0.25, 0.3) is 0 Å². The number of nitrogens with two attached hydrogens (primary N) is 1. The minimum absolute atomic E-state index is 0.193. The van der Waals surface area contributed by atoms with E-state index in [4.69, 9.17) is 5.73 Å². The van der Waals surface area contributed by atoms with E-state index < -0.39 is 0 Å². The Labute approximate surface area is 123 Å². The van der Waals surface area contributed by atoms with Crippen LogP contribution in [0.1, 0.15) is 27.2 Å². The highest BCUT2D eigenvalue weighted by molar-refractivity contribution is 5.96. The Bertz CT molecular complexity index is 708. The van der Waals surface area contributed by atoms with Crippen molar-refractivity contribution in [3.8, 4) is 11.8 Å². The van der Waals surface area contributed by atoms with E-state index in [1.54, 1.807) is 29.3 Å². The molecule has 0 atom stereocenters. The number of hydrogen-bond donors (Lipinski definition) is 2. The summed E-state index contributed by atoms with van der Waals surface area (Å²) in [5, 5.41) is 7.01. The van der Waals surface area contributed by atoms with Crippen LogP contribution in [0.2, 0.25) is 0 Å². The Morgan fingerprint density at radius 3 is 2.95 bits per heavy atom. The van der Waals surface area contributed by atoms with E-state index in [0.29, 0.717) is 17.7 Å². The van der Waals surface area contributed by atoms with Crippen molar-refractivity contribution in [2.24, 2.45) is 12.8 Å². The molecule has 0 aliphatic heterocycles. The summed E-state index contributed by atoms with van der Waals surface area (Å²) in [6, 6.07) is 1.64. The van der Waals surface area contributed by atoms with Gasteiger partial charge in [-0.05, 0) is 13.0 Å². The molecule has 0 radical (unpaired) electrons. The summed E-state index contributed by atoms with van der Waals surface area (Å²) in [4.78, 5) is 16.2. The molecule has 2 aromatic heterocycles. The van der Waals surface area contributed by atoms with Crippen molar-refractivity contribution in [1.29, 1.82) is 0 Å². The fourth-order valence-electron chi connectivity index (χ4n) is 1.83. The summed E-state index contributed by atoms with van der Waals surface area (Å²) in [5.74, 6) is 5.39. The maximum atomic E-state index is 12.3. The van der Waals surface area contributed by atoms with Crippen molar-refractivity contribution in [1.82, 2.24) is 20.1 Å². The van der Waals surface area contributed by atoms with Crippen LogP contribution < -0.4 is 11.1 Å². The molecule has 2 aromatic rings. The number of rotatable bonds is 3. The number of carbonyl (C=O) groups excluding carboxylic acids is 1. The van der Waals surface area contributed by atoms with Gasteiger partial charge < -0.3 is 11.1 Å². The zero-order chi connectivity index (χ0) is 15.2. The average molecular weight is 283 g/mol. The van der Waals surface area contributed by atoms with Gasteiger partial charge in [0.15, 0.2) is 0 Å². The van der Waals surface area contributed by atoms with Gasteiger partial charge in [-0.3, -0.25) is 14.5 Å². The number of nitrogens with one attached hydrogen (secondary N) is 1. The number of pyridine rings is 1. The molecule has 0 aromatic carbocycles. The molecule has 0 spiro atoms. The van der Waals surface area contributed by atoms with Crippen LogP contribution in [0.15, 0.2) is 24.7 Å². The van der Waals surface area contributed by atoms with Crippen LogP contribution in [0, 0.1) is 18.8 Å². The zero-order valence-corrected chi connectivity index (χ0v) is 12.1. The zero-order valence-electron chi connectivity index (χ0n) is 12.1. The van der Waals surface area contributed by atoms with E-state index in [1.807, 2.05) is 14.0 Å². The molecular formula is C15H17N5O. The van der Waals surface area contributed by atoms with E-state index in [2.05, 4.69) is 27.2 Å². The molecule has 3 N–H and O–H groups in total. The predicted molar refractivity (Wildman–Crippen MR) is 79.3 cm³/mol. The summed E-state index contributed by atoms with van der Waals surface area (Å²) in [6.07, 6.45) is 4.88. The predicted octanol–water partition coefficient (Wildman–Crippen LogP) is 0.364. The maximum Gasteiger partial charge on any atom is 0.252 e. The molecule has 1 amide bonds. The van der Waals surface area contributed by atoms with Gasteiger partial charge in [-0.1, -0.05) is 11.8 Å². The molecule has 0 saturated carbocycles. The lowest BCUT2D eigenvalue weighted by Gasteiger charge is -2.06. The highest BCUT2D eigenvalue weighted by Gasteiger charge is 2.11. The van der Waals surface area contributed by atoms with Crippen LogP contribution >= 0.6 is 0 Å². The lowest BCUT2D eigenvalue weighted by molar-refractivity contribution is 0.0950. The molecular weight excluding hydrogens is 266 g/mol. The minimum atomic E-state index is -0.193. The second kappa shape index (κ2) is 6.68. The number of nitrogens with zero attached hydrogens (tertiary/aromatic N) is 3. The first-order chi connectivity index (χ1) is 10.1. The van der Waals surface area contributed by atoms with Crippen LogP contribution in [-0.2, 0) is 13.6 Å². The normalized spacial score (nSPS) is 9.86. The van der Waals surface area contributed by atoms with Gasteiger partial charge in [-0.25, -0.2) is 0 Å². The maximum absolute atomic E-state index is 12.3. The standard InChI is InChI=1S/C15H17N5O/c1-11-13(10-19-20(11)2)9-18-15(21)14-5-7-17-8-12(14)4-3-6-16/h5,7-8,10H,6,9,16H2,1-2H3,(H,18,21). The molecule has 6 heteroatoms. The smallest absolute Gasteiger partial charge is 0.252 e. The monoisotopic (exact) mass is 283 g/mol. The highest BCUT2D eigenvalue weighted by atomic mass is 16.1. The molecule has 0 saturated heterocycles. The van der Waals surface area contributed by atoms with Crippen LogP contribution in [0.5, 0.6) is 0 Å². The van der Waals surface area contributed by atoms with Gasteiger partial charge in [0.05, 0.1) is 23.9 Å². The molecule has 6 nitrogen and oxygen atoms in total. The third-order valence-electron chi connectivity index (χ3n) is 3.17. The Kier molecular flexibility index (Phi) is 4.69. The van der Waals surface area contributed by atoms with E-state index in [9.17, 15) is 4.79 Å². The van der Waals surface area contributed by atoms with Crippen LogP contribution in [0.3, 0.4) is 0 Å². The molecule has 2 rings (SSSR count). The van der Waals surface area contributed by atoms with Gasteiger partial charge in [0.2, 0.25) is 0 Å². The van der Waals surface area contributed by atoms with E-state index in [0.717, 1.165) is 11.3 Å². The molecule has 0 unspecified atom stereocenters. The molecule has 21 heavy (non-hydrogen) atoms. The molecule has 0 bridgehead atoms. The fraction of sp³-hybridized carbons (Fsp3) is 0.267. The van der Waals surface area contributed by atoms with Crippen molar-refractivity contribution >= 4 is 5.91 Å². The Balaban J connectivity index is 2.12. The second-order valence-corrected chi connectivity index (χ2v) is 4.49. The number of aryl methyl sites for hydroxylation is 1. The third-order valence-corrected chi connectivity index (χ3v) is 3.17. The first-order valence-corrected chi connectivity index (χ1v) is 6.52. The number of hydrogen-bond acceptors (Lipinski definition) is 4. The Hall–Kier alpha value is -2.65. The molecule has 2 heterocycles.